The Balaban J connectivity index is 2.00. The van der Waals surface area contributed by atoms with E-state index < -0.39 is 12.0 Å². The van der Waals surface area contributed by atoms with Gasteiger partial charge >= 0.3 is 12.0 Å². The first-order chi connectivity index (χ1) is 8.59. The smallest absolute Gasteiger partial charge is 0.326 e. The number of rotatable bonds is 3. The average Bonchev–Trinajstić information content (AvgIpc) is 3.12. The minimum Gasteiger partial charge on any atom is -0.480 e. The van der Waals surface area contributed by atoms with E-state index in [-0.39, 0.29) is 6.03 Å². The van der Waals surface area contributed by atoms with Crippen molar-refractivity contribution in [1.82, 2.24) is 9.80 Å². The number of carbonyl (C=O) groups is 2. The van der Waals surface area contributed by atoms with Gasteiger partial charge in [-0.1, -0.05) is 12.8 Å². The highest BCUT2D eigenvalue weighted by atomic mass is 16.4. The number of carbonyl (C=O) groups excluding carboxylic acids is 1. The first-order valence-corrected chi connectivity index (χ1v) is 6.84. The quantitative estimate of drug-likeness (QED) is 0.835. The van der Waals surface area contributed by atoms with Crippen molar-refractivity contribution in [2.75, 3.05) is 20.1 Å². The molecule has 2 rings (SSSR count). The third-order valence-corrected chi connectivity index (χ3v) is 3.84. The Morgan fingerprint density at radius 3 is 2.56 bits per heavy atom. The molecule has 18 heavy (non-hydrogen) atoms. The largest absolute Gasteiger partial charge is 0.480 e. The summed E-state index contributed by atoms with van der Waals surface area (Å²) in [5.74, 6) is -0.237. The molecule has 1 saturated heterocycles. The number of amides is 2. The van der Waals surface area contributed by atoms with Crippen LogP contribution in [-0.4, -0.2) is 53.1 Å². The Hall–Kier alpha value is -1.26. The predicted octanol–water partition coefficient (Wildman–Crippen LogP) is 1.78. The molecular weight excluding hydrogens is 232 g/mol. The van der Waals surface area contributed by atoms with Gasteiger partial charge in [-0.3, -0.25) is 0 Å². The summed E-state index contributed by atoms with van der Waals surface area (Å²) in [6.07, 6.45) is 5.79. The maximum Gasteiger partial charge on any atom is 0.326 e. The van der Waals surface area contributed by atoms with E-state index in [4.69, 9.17) is 0 Å². The zero-order valence-electron chi connectivity index (χ0n) is 11.0. The summed E-state index contributed by atoms with van der Waals surface area (Å²) in [4.78, 5) is 26.8. The van der Waals surface area contributed by atoms with Crippen molar-refractivity contribution in [2.45, 2.75) is 44.6 Å². The Labute approximate surface area is 108 Å². The van der Waals surface area contributed by atoms with Crippen LogP contribution in [0.3, 0.4) is 0 Å². The van der Waals surface area contributed by atoms with E-state index in [1.807, 2.05) is 0 Å². The van der Waals surface area contributed by atoms with E-state index in [1.54, 1.807) is 16.8 Å². The average molecular weight is 254 g/mol. The van der Waals surface area contributed by atoms with Gasteiger partial charge < -0.3 is 14.9 Å². The SMILES string of the molecule is CN(CC1CC1)C(=O)N1CCCCCC1C(=O)O. The Morgan fingerprint density at radius 2 is 1.94 bits per heavy atom. The zero-order chi connectivity index (χ0) is 13.1. The predicted molar refractivity (Wildman–Crippen MR) is 67.3 cm³/mol. The summed E-state index contributed by atoms with van der Waals surface area (Å²) < 4.78 is 0. The van der Waals surface area contributed by atoms with Gasteiger partial charge in [0.1, 0.15) is 6.04 Å². The highest BCUT2D eigenvalue weighted by Crippen LogP contribution is 2.30. The van der Waals surface area contributed by atoms with Crippen LogP contribution in [0.4, 0.5) is 4.79 Å². The Morgan fingerprint density at radius 1 is 1.22 bits per heavy atom. The van der Waals surface area contributed by atoms with E-state index in [0.29, 0.717) is 18.9 Å². The summed E-state index contributed by atoms with van der Waals surface area (Å²) in [5, 5.41) is 9.25. The molecule has 0 bridgehead atoms. The van der Waals surface area contributed by atoms with Crippen LogP contribution in [0.2, 0.25) is 0 Å². The van der Waals surface area contributed by atoms with Crippen LogP contribution in [0.25, 0.3) is 0 Å². The number of hydrogen-bond donors (Lipinski definition) is 1. The summed E-state index contributed by atoms with van der Waals surface area (Å²) in [6, 6.07) is -0.752. The fourth-order valence-corrected chi connectivity index (χ4v) is 2.58. The summed E-state index contributed by atoms with van der Waals surface area (Å²) in [5.41, 5.74) is 0. The van der Waals surface area contributed by atoms with Crippen LogP contribution in [0, 0.1) is 5.92 Å². The van der Waals surface area contributed by atoms with Crippen LogP contribution < -0.4 is 0 Å². The first kappa shape index (κ1) is 13.2. The third kappa shape index (κ3) is 3.15. The molecule has 2 amide bonds. The molecule has 1 aliphatic heterocycles. The topological polar surface area (TPSA) is 60.9 Å². The van der Waals surface area contributed by atoms with Crippen molar-refractivity contribution < 1.29 is 14.7 Å². The molecule has 0 aromatic carbocycles. The van der Waals surface area contributed by atoms with Crippen molar-refractivity contribution in [3.63, 3.8) is 0 Å². The summed E-state index contributed by atoms with van der Waals surface area (Å²) in [6.45, 7) is 1.34. The molecule has 0 spiro atoms. The summed E-state index contributed by atoms with van der Waals surface area (Å²) in [7, 11) is 1.78. The molecule has 1 N–H and O–H groups in total. The lowest BCUT2D eigenvalue weighted by atomic mass is 10.1. The van der Waals surface area contributed by atoms with Crippen molar-refractivity contribution in [1.29, 1.82) is 0 Å². The first-order valence-electron chi connectivity index (χ1n) is 6.84. The van der Waals surface area contributed by atoms with Gasteiger partial charge in [-0.25, -0.2) is 9.59 Å². The molecule has 1 aliphatic carbocycles. The molecule has 5 nitrogen and oxygen atoms in total. The van der Waals surface area contributed by atoms with Crippen molar-refractivity contribution in [3.8, 4) is 0 Å². The molecule has 1 saturated carbocycles. The number of carboxylic acids is 1. The molecule has 2 aliphatic rings. The summed E-state index contributed by atoms with van der Waals surface area (Å²) >= 11 is 0. The standard InChI is InChI=1S/C13H22N2O3/c1-14(9-10-6-7-10)13(18)15-8-4-2-3-5-11(15)12(16)17/h10-11H,2-9H2,1H3,(H,16,17). The van der Waals surface area contributed by atoms with Gasteiger partial charge in [0.2, 0.25) is 0 Å². The molecule has 1 unspecified atom stereocenters. The molecular formula is C13H22N2O3. The molecule has 0 radical (unpaired) electrons. The number of likely N-dealkylation sites (tertiary alicyclic amines) is 1. The van der Waals surface area contributed by atoms with Gasteiger partial charge in [-0.15, -0.1) is 0 Å². The normalized spacial score (nSPS) is 24.5. The number of hydrogen-bond acceptors (Lipinski definition) is 2. The fraction of sp³-hybridized carbons (Fsp3) is 0.846. The van der Waals surface area contributed by atoms with Crippen LogP contribution in [0.5, 0.6) is 0 Å². The van der Waals surface area contributed by atoms with E-state index >= 15 is 0 Å². The van der Waals surface area contributed by atoms with Gasteiger partial charge in [0.15, 0.2) is 0 Å². The van der Waals surface area contributed by atoms with Crippen LogP contribution in [-0.2, 0) is 4.79 Å². The third-order valence-electron chi connectivity index (χ3n) is 3.84. The molecule has 2 fully saturated rings. The van der Waals surface area contributed by atoms with E-state index in [2.05, 4.69) is 0 Å². The number of nitrogens with zero attached hydrogens (tertiary/aromatic N) is 2. The lowest BCUT2D eigenvalue weighted by Crippen LogP contribution is -2.50. The van der Waals surface area contributed by atoms with Crippen LogP contribution >= 0.6 is 0 Å². The maximum atomic E-state index is 12.3. The van der Waals surface area contributed by atoms with Crippen LogP contribution in [0.1, 0.15) is 38.5 Å². The second-order valence-corrected chi connectivity index (χ2v) is 5.50. The Kier molecular flexibility index (Phi) is 4.09. The molecule has 1 heterocycles. The van der Waals surface area contributed by atoms with Gasteiger partial charge in [-0.2, -0.15) is 0 Å². The molecule has 5 heteroatoms. The molecule has 102 valence electrons. The number of aliphatic carboxylic acids is 1. The lowest BCUT2D eigenvalue weighted by Gasteiger charge is -2.31. The number of urea groups is 1. The lowest BCUT2D eigenvalue weighted by molar-refractivity contribution is -0.142. The van der Waals surface area contributed by atoms with Crippen molar-refractivity contribution >= 4 is 12.0 Å². The highest BCUT2D eigenvalue weighted by molar-refractivity contribution is 5.82. The molecule has 0 aromatic rings. The van der Waals surface area contributed by atoms with Crippen molar-refractivity contribution in [3.05, 3.63) is 0 Å². The van der Waals surface area contributed by atoms with E-state index in [0.717, 1.165) is 25.8 Å². The van der Waals surface area contributed by atoms with E-state index in [9.17, 15) is 14.7 Å². The van der Waals surface area contributed by atoms with Gasteiger partial charge in [-0.05, 0) is 31.6 Å². The van der Waals surface area contributed by atoms with Crippen LogP contribution in [0.15, 0.2) is 0 Å². The maximum absolute atomic E-state index is 12.3. The molecule has 1 atom stereocenters. The second-order valence-electron chi connectivity index (χ2n) is 5.50. The monoisotopic (exact) mass is 254 g/mol. The Bertz CT molecular complexity index is 328. The minimum absolute atomic E-state index is 0.115. The van der Waals surface area contributed by atoms with Gasteiger partial charge in [0.05, 0.1) is 0 Å². The van der Waals surface area contributed by atoms with Gasteiger partial charge in [0, 0.05) is 20.1 Å². The highest BCUT2D eigenvalue weighted by Gasteiger charge is 2.34. The van der Waals surface area contributed by atoms with Gasteiger partial charge in [0.25, 0.3) is 0 Å². The van der Waals surface area contributed by atoms with Crippen molar-refractivity contribution in [2.24, 2.45) is 5.92 Å². The number of carboxylic acid groups (broad SMARTS) is 1. The minimum atomic E-state index is -0.870. The fourth-order valence-electron chi connectivity index (χ4n) is 2.58. The molecule has 0 aromatic heterocycles. The zero-order valence-corrected chi connectivity index (χ0v) is 11.0. The van der Waals surface area contributed by atoms with E-state index in [1.165, 1.54) is 12.8 Å². The second kappa shape index (κ2) is 5.59.